The molecule has 0 heterocycles. The molecular formula is C28H31ClFN3O4S. The highest BCUT2D eigenvalue weighted by Crippen LogP contribution is 2.20. The van der Waals surface area contributed by atoms with E-state index in [0.29, 0.717) is 18.0 Å². The molecular weight excluding hydrogens is 529 g/mol. The molecule has 0 saturated heterocycles. The van der Waals surface area contributed by atoms with Crippen LogP contribution in [0, 0.1) is 5.82 Å². The Balaban J connectivity index is 1.97. The first-order valence-electron chi connectivity index (χ1n) is 12.2. The summed E-state index contributed by atoms with van der Waals surface area (Å²) < 4.78 is 41.8. The summed E-state index contributed by atoms with van der Waals surface area (Å²) in [6.07, 6.45) is 0.858. The van der Waals surface area contributed by atoms with E-state index in [2.05, 4.69) is 5.32 Å². The van der Waals surface area contributed by atoms with E-state index in [4.69, 9.17) is 11.6 Å². The van der Waals surface area contributed by atoms with Gasteiger partial charge in [0, 0.05) is 37.1 Å². The summed E-state index contributed by atoms with van der Waals surface area (Å²) in [4.78, 5) is 28.3. The van der Waals surface area contributed by atoms with Crippen LogP contribution in [0.2, 0.25) is 5.02 Å². The molecule has 0 aliphatic rings. The fourth-order valence-electron chi connectivity index (χ4n) is 3.88. The number of carbonyl (C=O) groups excluding carboxylic acids is 2. The molecule has 7 nitrogen and oxygen atoms in total. The van der Waals surface area contributed by atoms with Crippen molar-refractivity contribution in [2.45, 2.75) is 37.2 Å². The van der Waals surface area contributed by atoms with Crippen molar-refractivity contribution >= 4 is 33.4 Å². The third kappa shape index (κ3) is 7.63. The Morgan fingerprint density at radius 3 is 2.24 bits per heavy atom. The van der Waals surface area contributed by atoms with Gasteiger partial charge in [-0.25, -0.2) is 12.8 Å². The number of nitrogens with zero attached hydrogens (tertiary/aromatic N) is 2. The number of sulfonamides is 1. The Morgan fingerprint density at radius 1 is 0.974 bits per heavy atom. The summed E-state index contributed by atoms with van der Waals surface area (Å²) in [6, 6.07) is 19.8. The van der Waals surface area contributed by atoms with Crippen LogP contribution >= 0.6 is 11.6 Å². The Hall–Kier alpha value is -3.27. The van der Waals surface area contributed by atoms with E-state index in [1.165, 1.54) is 54.4 Å². The minimum Gasteiger partial charge on any atom is -0.354 e. The molecule has 1 unspecified atom stereocenters. The number of halogens is 2. The fourth-order valence-corrected chi connectivity index (χ4v) is 5.13. The smallest absolute Gasteiger partial charge is 0.243 e. The lowest BCUT2D eigenvalue weighted by Gasteiger charge is -2.32. The minimum atomic E-state index is -4.03. The van der Waals surface area contributed by atoms with Crippen LogP contribution in [0.15, 0.2) is 83.8 Å². The number of hydrogen-bond donors (Lipinski definition) is 1. The molecule has 0 fully saturated rings. The van der Waals surface area contributed by atoms with Crippen LogP contribution in [0.1, 0.15) is 24.5 Å². The summed E-state index contributed by atoms with van der Waals surface area (Å²) in [6.45, 7) is 1.55. The van der Waals surface area contributed by atoms with E-state index in [1.807, 2.05) is 37.3 Å². The third-order valence-corrected chi connectivity index (χ3v) is 8.07. The van der Waals surface area contributed by atoms with Crippen LogP contribution in [0.5, 0.6) is 0 Å². The lowest BCUT2D eigenvalue weighted by molar-refractivity contribution is -0.141. The maximum atomic E-state index is 14.7. The first-order valence-corrected chi connectivity index (χ1v) is 14.0. The normalized spacial score (nSPS) is 12.2. The first-order chi connectivity index (χ1) is 18.1. The Labute approximate surface area is 228 Å². The van der Waals surface area contributed by atoms with Gasteiger partial charge in [0.2, 0.25) is 21.8 Å². The lowest BCUT2D eigenvalue weighted by Crippen LogP contribution is -2.53. The summed E-state index contributed by atoms with van der Waals surface area (Å²) in [5.74, 6) is -1.57. The van der Waals surface area contributed by atoms with Crippen molar-refractivity contribution in [1.29, 1.82) is 0 Å². The standard InChI is InChI=1S/C28H31ClFN3O4S/c1-3-17-31-28(35)26(18-21-9-5-4-6-10-21)33(19-22-11-7-8-12-25(22)30)27(34)20-32(2)38(36,37)24-15-13-23(29)14-16-24/h4-16,26H,3,17-20H2,1-2H3,(H,31,35). The molecule has 0 aliphatic heterocycles. The maximum Gasteiger partial charge on any atom is 0.243 e. The van der Waals surface area contributed by atoms with Gasteiger partial charge in [-0.3, -0.25) is 9.59 Å². The van der Waals surface area contributed by atoms with E-state index in [1.54, 1.807) is 6.07 Å². The van der Waals surface area contributed by atoms with E-state index >= 15 is 0 Å². The highest BCUT2D eigenvalue weighted by Gasteiger charge is 2.33. The second kappa shape index (κ2) is 13.5. The Morgan fingerprint density at radius 2 is 1.61 bits per heavy atom. The zero-order valence-corrected chi connectivity index (χ0v) is 22.9. The molecule has 1 atom stereocenters. The number of rotatable bonds is 12. The molecule has 0 spiro atoms. The van der Waals surface area contributed by atoms with Gasteiger partial charge >= 0.3 is 0 Å². The molecule has 0 bridgehead atoms. The van der Waals surface area contributed by atoms with Gasteiger partial charge in [-0.05, 0) is 42.3 Å². The quantitative estimate of drug-likeness (QED) is 0.359. The maximum absolute atomic E-state index is 14.7. The summed E-state index contributed by atoms with van der Waals surface area (Å²) >= 11 is 5.89. The predicted molar refractivity (Wildman–Crippen MR) is 145 cm³/mol. The number of benzene rings is 3. The molecule has 10 heteroatoms. The van der Waals surface area contributed by atoms with Crippen molar-refractivity contribution in [1.82, 2.24) is 14.5 Å². The highest BCUT2D eigenvalue weighted by molar-refractivity contribution is 7.89. The van der Waals surface area contributed by atoms with Crippen LogP contribution in [0.4, 0.5) is 4.39 Å². The summed E-state index contributed by atoms with van der Waals surface area (Å²) in [5.41, 5.74) is 1.02. The zero-order chi connectivity index (χ0) is 27.7. The van der Waals surface area contributed by atoms with Gasteiger partial charge in [-0.15, -0.1) is 0 Å². The second-order valence-electron chi connectivity index (χ2n) is 8.82. The molecule has 38 heavy (non-hydrogen) atoms. The SMILES string of the molecule is CCCNC(=O)C(Cc1ccccc1)N(Cc1ccccc1F)C(=O)CN(C)S(=O)(=O)c1ccc(Cl)cc1. The molecule has 1 N–H and O–H groups in total. The summed E-state index contributed by atoms with van der Waals surface area (Å²) in [7, 11) is -2.75. The van der Waals surface area contributed by atoms with Crippen molar-refractivity contribution in [2.75, 3.05) is 20.1 Å². The van der Waals surface area contributed by atoms with Crippen molar-refractivity contribution in [3.63, 3.8) is 0 Å². The molecule has 202 valence electrons. The number of likely N-dealkylation sites (N-methyl/N-ethyl adjacent to an activating group) is 1. The predicted octanol–water partition coefficient (Wildman–Crippen LogP) is 4.27. The van der Waals surface area contributed by atoms with Crippen molar-refractivity contribution in [3.05, 3.63) is 101 Å². The molecule has 0 aliphatic carbocycles. The molecule has 3 aromatic rings. The van der Waals surface area contributed by atoms with Crippen molar-refractivity contribution < 1.29 is 22.4 Å². The number of nitrogens with one attached hydrogen (secondary N) is 1. The van der Waals surface area contributed by atoms with Crippen molar-refractivity contribution in [3.8, 4) is 0 Å². The van der Waals surface area contributed by atoms with Gasteiger partial charge in [-0.1, -0.05) is 67.1 Å². The minimum absolute atomic E-state index is 0.0284. The van der Waals surface area contributed by atoms with Crippen LogP contribution < -0.4 is 5.32 Å². The van der Waals surface area contributed by atoms with E-state index < -0.39 is 40.2 Å². The van der Waals surface area contributed by atoms with Gasteiger partial charge in [-0.2, -0.15) is 4.31 Å². The van der Waals surface area contributed by atoms with Crippen LogP contribution in [0.3, 0.4) is 0 Å². The molecule has 3 rings (SSSR count). The number of hydrogen-bond acceptors (Lipinski definition) is 4. The lowest BCUT2D eigenvalue weighted by atomic mass is 10.0. The first kappa shape index (κ1) is 29.3. The Bertz CT molecular complexity index is 1340. The van der Waals surface area contributed by atoms with Crippen LogP contribution in [-0.4, -0.2) is 55.6 Å². The molecule has 0 saturated carbocycles. The van der Waals surface area contributed by atoms with Gasteiger partial charge in [0.05, 0.1) is 11.4 Å². The van der Waals surface area contributed by atoms with E-state index in [-0.39, 0.29) is 23.4 Å². The third-order valence-electron chi connectivity index (χ3n) is 6.00. The molecule has 0 radical (unpaired) electrons. The monoisotopic (exact) mass is 559 g/mol. The fraction of sp³-hybridized carbons (Fsp3) is 0.286. The second-order valence-corrected chi connectivity index (χ2v) is 11.3. The van der Waals surface area contributed by atoms with Gasteiger partial charge in [0.25, 0.3) is 0 Å². The number of amides is 2. The molecule has 0 aromatic heterocycles. The average Bonchev–Trinajstić information content (AvgIpc) is 2.91. The topological polar surface area (TPSA) is 86.8 Å². The summed E-state index contributed by atoms with van der Waals surface area (Å²) in [5, 5.41) is 3.21. The van der Waals surface area contributed by atoms with Gasteiger partial charge in [0.15, 0.2) is 0 Å². The van der Waals surface area contributed by atoms with E-state index in [0.717, 1.165) is 9.87 Å². The van der Waals surface area contributed by atoms with Crippen LogP contribution in [-0.2, 0) is 32.6 Å². The Kier molecular flexibility index (Phi) is 10.4. The van der Waals surface area contributed by atoms with Gasteiger partial charge < -0.3 is 10.2 Å². The molecule has 3 aromatic carbocycles. The largest absolute Gasteiger partial charge is 0.354 e. The average molecular weight is 560 g/mol. The number of carbonyl (C=O) groups is 2. The van der Waals surface area contributed by atoms with Gasteiger partial charge in [0.1, 0.15) is 11.9 Å². The van der Waals surface area contributed by atoms with Crippen LogP contribution in [0.25, 0.3) is 0 Å². The highest BCUT2D eigenvalue weighted by atomic mass is 35.5. The van der Waals surface area contributed by atoms with Crippen molar-refractivity contribution in [2.24, 2.45) is 0 Å². The molecule has 2 amide bonds. The van der Waals surface area contributed by atoms with E-state index in [9.17, 15) is 22.4 Å². The zero-order valence-electron chi connectivity index (χ0n) is 21.3.